The Hall–Kier alpha value is -4.40. The van der Waals surface area contributed by atoms with Gasteiger partial charge in [-0.25, -0.2) is 0 Å². The van der Waals surface area contributed by atoms with E-state index in [1.807, 2.05) is 71.0 Å². The van der Waals surface area contributed by atoms with Gasteiger partial charge in [0.05, 0.1) is 33.5 Å². The van der Waals surface area contributed by atoms with E-state index in [-0.39, 0.29) is 30.8 Å². The van der Waals surface area contributed by atoms with Gasteiger partial charge in [-0.15, -0.1) is 0 Å². The summed E-state index contributed by atoms with van der Waals surface area (Å²) in [6.07, 6.45) is -1.64. The molecule has 0 amide bonds. The average Bonchev–Trinajstić information content (AvgIpc) is 3.82. The van der Waals surface area contributed by atoms with Gasteiger partial charge in [-0.2, -0.15) is 0 Å². The molecule has 4 aromatic carbocycles. The number of rotatable bonds is 11. The highest BCUT2D eigenvalue weighted by molar-refractivity contribution is 5.47. The fraction of sp³-hybridized carbons (Fsp3) is 0.489. The van der Waals surface area contributed by atoms with Gasteiger partial charge in [-0.05, 0) is 94.8 Å². The van der Waals surface area contributed by atoms with Gasteiger partial charge >= 0.3 is 0 Å². The highest BCUT2D eigenvalue weighted by atomic mass is 16.7. The van der Waals surface area contributed by atoms with Gasteiger partial charge in [-0.1, -0.05) is 112 Å². The molecule has 2 aliphatic rings. The molecule has 8 nitrogen and oxygen atoms in total. The molecule has 0 saturated carbocycles. The maximum atomic E-state index is 11.0. The van der Waals surface area contributed by atoms with Crippen LogP contribution in [0.5, 0.6) is 34.5 Å². The van der Waals surface area contributed by atoms with E-state index in [4.69, 9.17) is 33.2 Å². The van der Waals surface area contributed by atoms with E-state index in [9.17, 15) is 5.11 Å². The molecule has 1 saturated heterocycles. The van der Waals surface area contributed by atoms with Crippen LogP contribution in [0, 0.1) is 11.8 Å². The van der Waals surface area contributed by atoms with Gasteiger partial charge in [0.1, 0.15) is 12.2 Å². The Morgan fingerprint density at radius 2 is 1.07 bits per heavy atom. The van der Waals surface area contributed by atoms with Crippen molar-refractivity contribution in [2.45, 2.75) is 112 Å². The summed E-state index contributed by atoms with van der Waals surface area (Å²) < 4.78 is 40.2. The normalized spacial score (nSPS) is 19.1. The van der Waals surface area contributed by atoms with Crippen LogP contribution in [0.25, 0.3) is 0 Å². The first-order valence-electron chi connectivity index (χ1n) is 19.9. The summed E-state index contributed by atoms with van der Waals surface area (Å²) in [5.41, 5.74) is 5.73. The van der Waals surface area contributed by atoms with E-state index in [0.29, 0.717) is 40.4 Å². The summed E-state index contributed by atoms with van der Waals surface area (Å²) in [7, 11) is 4.75. The smallest absolute Gasteiger partial charge is 0.231 e. The maximum Gasteiger partial charge on any atom is 0.231 e. The molecule has 6 unspecified atom stereocenters. The zero-order chi connectivity index (χ0) is 40.8. The number of ether oxygens (including phenoxy) is 7. The number of methoxy groups -OCH3 is 3. The lowest BCUT2D eigenvalue weighted by Crippen LogP contribution is -2.22. The summed E-state index contributed by atoms with van der Waals surface area (Å²) in [5, 5.41) is 11.0. The molecule has 0 spiro atoms. The lowest BCUT2D eigenvalue weighted by Gasteiger charge is -2.24. The zero-order valence-electron chi connectivity index (χ0n) is 35.6. The van der Waals surface area contributed by atoms with Crippen molar-refractivity contribution in [3.05, 3.63) is 107 Å². The minimum Gasteiger partial charge on any atom is -0.493 e. The molecular weight excluding hydrogens is 693 g/mol. The van der Waals surface area contributed by atoms with Gasteiger partial charge in [0.25, 0.3) is 0 Å². The number of hydrogen-bond donors (Lipinski definition) is 1. The van der Waals surface area contributed by atoms with Crippen LogP contribution in [-0.2, 0) is 4.74 Å². The molecule has 6 atom stereocenters. The lowest BCUT2D eigenvalue weighted by atomic mass is 9.85. The SMILES string of the molecule is CC.CC.CC(C)c1ccccc1C(C)C.COc1ccc(C(O)C(C)Oc2ccc(C3OC(c4ccc5c(c4)OCO5)C(C)C3C)cc2OC)cc1OC. The Bertz CT molecular complexity index is 1720. The molecule has 1 N–H and O–H groups in total. The molecule has 0 bridgehead atoms. The topological polar surface area (TPSA) is 84.8 Å². The predicted octanol–water partition coefficient (Wildman–Crippen LogP) is 12.0. The van der Waals surface area contributed by atoms with Crippen LogP contribution in [-0.4, -0.2) is 39.3 Å². The molecular formula is C47H66O8. The fourth-order valence-electron chi connectivity index (χ4n) is 6.91. The summed E-state index contributed by atoms with van der Waals surface area (Å²) in [6, 6.07) is 25.9. The first-order valence-corrected chi connectivity index (χ1v) is 19.9. The minimum atomic E-state index is -0.893. The van der Waals surface area contributed by atoms with Crippen LogP contribution in [0.1, 0.15) is 134 Å². The average molecular weight is 759 g/mol. The largest absolute Gasteiger partial charge is 0.493 e. The van der Waals surface area contributed by atoms with Gasteiger partial charge in [0.2, 0.25) is 6.79 Å². The molecule has 6 rings (SSSR count). The second kappa shape index (κ2) is 21.6. The first kappa shape index (κ1) is 45.0. The fourth-order valence-corrected chi connectivity index (χ4v) is 6.91. The third-order valence-electron chi connectivity index (χ3n) is 10.1. The van der Waals surface area contributed by atoms with Crippen molar-refractivity contribution in [3.63, 3.8) is 0 Å². The predicted molar refractivity (Wildman–Crippen MR) is 222 cm³/mol. The van der Waals surface area contributed by atoms with Gasteiger partial charge in [0, 0.05) is 0 Å². The van der Waals surface area contributed by atoms with Crippen LogP contribution in [0.15, 0.2) is 78.9 Å². The Morgan fingerprint density at radius 1 is 0.582 bits per heavy atom. The van der Waals surface area contributed by atoms with Crippen molar-refractivity contribution in [3.8, 4) is 34.5 Å². The third kappa shape index (κ3) is 10.9. The van der Waals surface area contributed by atoms with Crippen LogP contribution in [0.2, 0.25) is 0 Å². The lowest BCUT2D eigenvalue weighted by molar-refractivity contribution is 0.0285. The van der Waals surface area contributed by atoms with Crippen molar-refractivity contribution in [1.29, 1.82) is 0 Å². The standard InChI is InChI=1S/C31H36O8.C12H18.2C2H6/c1-17-18(2)31(22-8-11-24-28(15-22)37-16-36-24)39-30(17)21-9-12-25(27(14-21)35-6)38-19(3)29(32)20-7-10-23(33-4)26(13-20)34-5;1-9(2)11-7-5-6-8-12(11)10(3)4;2*1-2/h7-15,17-19,29-32H,16H2,1-6H3;5-10H,1-4H3;2*1-2H3. The summed E-state index contributed by atoms with van der Waals surface area (Å²) in [6.45, 7) is 23.5. The van der Waals surface area contributed by atoms with Gasteiger partial charge < -0.3 is 38.3 Å². The second-order valence-electron chi connectivity index (χ2n) is 14.0. The van der Waals surface area contributed by atoms with Crippen molar-refractivity contribution < 1.29 is 38.3 Å². The zero-order valence-corrected chi connectivity index (χ0v) is 35.6. The monoisotopic (exact) mass is 758 g/mol. The number of aliphatic hydroxyl groups is 1. The van der Waals surface area contributed by atoms with E-state index in [1.165, 1.54) is 11.1 Å². The highest BCUT2D eigenvalue weighted by Gasteiger charge is 2.41. The highest BCUT2D eigenvalue weighted by Crippen LogP contribution is 2.51. The Morgan fingerprint density at radius 3 is 1.62 bits per heavy atom. The van der Waals surface area contributed by atoms with Crippen molar-refractivity contribution in [1.82, 2.24) is 0 Å². The quantitative estimate of drug-likeness (QED) is 0.162. The Kier molecular flexibility index (Phi) is 17.7. The second-order valence-corrected chi connectivity index (χ2v) is 14.0. The number of hydrogen-bond acceptors (Lipinski definition) is 8. The van der Waals surface area contributed by atoms with E-state index in [2.05, 4.69) is 65.8 Å². The molecule has 0 aromatic heterocycles. The van der Waals surface area contributed by atoms with Gasteiger partial charge in [0.15, 0.2) is 34.5 Å². The molecule has 2 aliphatic heterocycles. The number of benzene rings is 4. The van der Waals surface area contributed by atoms with E-state index in [0.717, 1.165) is 22.6 Å². The van der Waals surface area contributed by atoms with Crippen LogP contribution >= 0.6 is 0 Å². The summed E-state index contributed by atoms with van der Waals surface area (Å²) >= 11 is 0. The van der Waals surface area contributed by atoms with Crippen LogP contribution in [0.4, 0.5) is 0 Å². The van der Waals surface area contributed by atoms with Crippen LogP contribution < -0.4 is 28.4 Å². The van der Waals surface area contributed by atoms with Crippen molar-refractivity contribution in [2.24, 2.45) is 11.8 Å². The van der Waals surface area contributed by atoms with E-state index >= 15 is 0 Å². The molecule has 1 fully saturated rings. The molecule has 8 heteroatoms. The molecule has 0 radical (unpaired) electrons. The molecule has 4 aromatic rings. The maximum absolute atomic E-state index is 11.0. The number of aliphatic hydroxyl groups excluding tert-OH is 1. The van der Waals surface area contributed by atoms with Gasteiger partial charge in [-0.3, -0.25) is 0 Å². The molecule has 55 heavy (non-hydrogen) atoms. The molecule has 302 valence electrons. The Balaban J connectivity index is 0.000000428. The first-order chi connectivity index (χ1) is 26.5. The van der Waals surface area contributed by atoms with Crippen LogP contribution in [0.3, 0.4) is 0 Å². The number of fused-ring (bicyclic) bond motifs is 1. The minimum absolute atomic E-state index is 0.0712. The summed E-state index contributed by atoms with van der Waals surface area (Å²) in [5.74, 6) is 5.61. The third-order valence-corrected chi connectivity index (χ3v) is 10.1. The van der Waals surface area contributed by atoms with Crippen molar-refractivity contribution in [2.75, 3.05) is 28.1 Å². The summed E-state index contributed by atoms with van der Waals surface area (Å²) in [4.78, 5) is 0. The Labute approximate surface area is 331 Å². The van der Waals surface area contributed by atoms with Crippen molar-refractivity contribution >= 4 is 0 Å². The molecule has 2 heterocycles. The molecule has 0 aliphatic carbocycles. The van der Waals surface area contributed by atoms with E-state index < -0.39 is 12.2 Å². The van der Waals surface area contributed by atoms with E-state index in [1.54, 1.807) is 39.5 Å².